The van der Waals surface area contributed by atoms with Gasteiger partial charge in [-0.15, -0.1) is 0 Å². The fourth-order valence-corrected chi connectivity index (χ4v) is 4.73. The molecule has 0 radical (unpaired) electrons. The Morgan fingerprint density at radius 3 is 2.43 bits per heavy atom. The van der Waals surface area contributed by atoms with E-state index in [-0.39, 0.29) is 37.1 Å². The molecule has 37 heavy (non-hydrogen) atoms. The quantitative estimate of drug-likeness (QED) is 0.494. The molecule has 192 valence electrons. The molecule has 10 heteroatoms. The first-order chi connectivity index (χ1) is 17.8. The first-order valence-electron chi connectivity index (χ1n) is 12.0. The molecule has 0 spiro atoms. The number of aromatic nitrogens is 1. The molecule has 2 N–H and O–H groups in total. The summed E-state index contributed by atoms with van der Waals surface area (Å²) >= 11 is 0. The first-order valence-corrected chi connectivity index (χ1v) is 12.0. The molecule has 5 rings (SSSR count). The number of hydrogen-bond donors (Lipinski definition) is 1. The van der Waals surface area contributed by atoms with Crippen molar-refractivity contribution in [3.63, 3.8) is 0 Å². The van der Waals surface area contributed by atoms with Crippen molar-refractivity contribution in [2.45, 2.75) is 13.5 Å². The minimum atomic E-state index is -0.644. The lowest BCUT2D eigenvalue weighted by Gasteiger charge is -2.34. The van der Waals surface area contributed by atoms with Crippen molar-refractivity contribution in [2.24, 2.45) is 5.73 Å². The number of halogens is 1. The van der Waals surface area contributed by atoms with Crippen LogP contribution in [0.2, 0.25) is 0 Å². The van der Waals surface area contributed by atoms with Crippen LogP contribution in [0.1, 0.15) is 42.5 Å². The van der Waals surface area contributed by atoms with Crippen LogP contribution >= 0.6 is 0 Å². The van der Waals surface area contributed by atoms with Gasteiger partial charge in [0, 0.05) is 43.0 Å². The number of nitrogens with two attached hydrogens (primary N) is 1. The maximum Gasteiger partial charge on any atom is 0.254 e. The zero-order valence-electron chi connectivity index (χ0n) is 20.4. The Kier molecular flexibility index (Phi) is 6.66. The van der Waals surface area contributed by atoms with E-state index >= 15 is 0 Å². The smallest absolute Gasteiger partial charge is 0.254 e. The third-order valence-electron chi connectivity index (χ3n) is 6.85. The van der Waals surface area contributed by atoms with Crippen molar-refractivity contribution in [1.82, 2.24) is 14.4 Å². The number of rotatable bonds is 7. The van der Waals surface area contributed by atoms with Gasteiger partial charge in [-0.05, 0) is 37.3 Å². The summed E-state index contributed by atoms with van der Waals surface area (Å²) in [5.41, 5.74) is 7.50. The Morgan fingerprint density at radius 1 is 0.973 bits per heavy atom. The van der Waals surface area contributed by atoms with Gasteiger partial charge in [-0.2, -0.15) is 0 Å². The average molecular weight is 507 g/mol. The van der Waals surface area contributed by atoms with E-state index in [0.717, 1.165) is 0 Å². The van der Waals surface area contributed by atoms with E-state index < -0.39 is 11.7 Å². The van der Waals surface area contributed by atoms with Crippen molar-refractivity contribution in [3.05, 3.63) is 82.4 Å². The van der Waals surface area contributed by atoms with Gasteiger partial charge in [-0.25, -0.2) is 4.39 Å². The van der Waals surface area contributed by atoms with Gasteiger partial charge in [0.1, 0.15) is 5.82 Å². The molecule has 1 aromatic heterocycles. The zero-order valence-corrected chi connectivity index (χ0v) is 20.4. The Hall–Kier alpha value is -4.18. The van der Waals surface area contributed by atoms with Crippen LogP contribution in [0.5, 0.6) is 11.5 Å². The number of amides is 2. The Bertz CT molecular complexity index is 1380. The van der Waals surface area contributed by atoms with Crippen molar-refractivity contribution in [3.8, 4) is 11.5 Å². The Balaban J connectivity index is 1.26. The highest BCUT2D eigenvalue weighted by Gasteiger charge is 2.27. The number of hydrogen-bond acceptors (Lipinski definition) is 6. The molecule has 2 aliphatic heterocycles. The van der Waals surface area contributed by atoms with Gasteiger partial charge in [-0.3, -0.25) is 19.3 Å². The lowest BCUT2D eigenvalue weighted by atomic mass is 10.1. The first kappa shape index (κ1) is 24.5. The molecule has 2 aliphatic rings. The molecule has 0 aliphatic carbocycles. The second-order valence-electron chi connectivity index (χ2n) is 9.13. The van der Waals surface area contributed by atoms with E-state index in [0.29, 0.717) is 60.2 Å². The summed E-state index contributed by atoms with van der Waals surface area (Å²) < 4.78 is 26.6. The van der Waals surface area contributed by atoms with E-state index in [1.54, 1.807) is 52.8 Å². The lowest BCUT2D eigenvalue weighted by molar-refractivity contribution is 0.0622. The van der Waals surface area contributed by atoms with Crippen LogP contribution in [0.3, 0.4) is 0 Å². The van der Waals surface area contributed by atoms with Crippen LogP contribution in [-0.2, 0) is 6.54 Å². The van der Waals surface area contributed by atoms with Gasteiger partial charge >= 0.3 is 0 Å². The van der Waals surface area contributed by atoms with Crippen molar-refractivity contribution < 1.29 is 28.2 Å². The van der Waals surface area contributed by atoms with Gasteiger partial charge in [0.2, 0.25) is 6.79 Å². The maximum absolute atomic E-state index is 14.3. The topological polar surface area (TPSA) is 107 Å². The number of fused-ring (bicyclic) bond motifs is 1. The Morgan fingerprint density at radius 2 is 1.70 bits per heavy atom. The largest absolute Gasteiger partial charge is 0.454 e. The monoisotopic (exact) mass is 506 g/mol. The summed E-state index contributed by atoms with van der Waals surface area (Å²) in [6.45, 7) is 3.98. The van der Waals surface area contributed by atoms with Crippen LogP contribution in [0.4, 0.5) is 4.39 Å². The van der Waals surface area contributed by atoms with E-state index in [2.05, 4.69) is 0 Å². The average Bonchev–Trinajstić information content (AvgIpc) is 3.49. The number of primary amides is 1. The van der Waals surface area contributed by atoms with E-state index in [9.17, 15) is 18.8 Å². The van der Waals surface area contributed by atoms with E-state index in [4.69, 9.17) is 15.2 Å². The molecule has 2 aromatic carbocycles. The van der Waals surface area contributed by atoms with Crippen LogP contribution in [0, 0.1) is 12.7 Å². The molecule has 1 saturated heterocycles. The molecule has 0 saturated carbocycles. The fourth-order valence-electron chi connectivity index (χ4n) is 4.73. The van der Waals surface area contributed by atoms with E-state index in [1.807, 2.05) is 4.90 Å². The minimum absolute atomic E-state index is 0.102. The van der Waals surface area contributed by atoms with Gasteiger partial charge in [0.25, 0.3) is 11.8 Å². The van der Waals surface area contributed by atoms with Crippen LogP contribution in [0.25, 0.3) is 0 Å². The van der Waals surface area contributed by atoms with E-state index in [1.165, 1.54) is 12.1 Å². The van der Waals surface area contributed by atoms with Gasteiger partial charge < -0.3 is 24.7 Å². The number of piperazine rings is 1. The number of carbonyl (C=O) groups is 3. The maximum atomic E-state index is 14.3. The molecule has 0 unspecified atom stereocenters. The number of carbonyl (C=O) groups excluding carboxylic acids is 3. The van der Waals surface area contributed by atoms with Crippen molar-refractivity contribution >= 4 is 17.6 Å². The predicted molar refractivity (Wildman–Crippen MR) is 132 cm³/mol. The summed E-state index contributed by atoms with van der Waals surface area (Å²) in [6.07, 6.45) is 0. The van der Waals surface area contributed by atoms with Gasteiger partial charge in [0.05, 0.1) is 24.3 Å². The summed E-state index contributed by atoms with van der Waals surface area (Å²) in [6, 6.07) is 12.9. The molecule has 3 heterocycles. The van der Waals surface area contributed by atoms with Crippen LogP contribution in [-0.4, -0.2) is 71.5 Å². The highest BCUT2D eigenvalue weighted by atomic mass is 19.1. The van der Waals surface area contributed by atoms with Gasteiger partial charge in [0.15, 0.2) is 17.3 Å². The number of nitrogens with zero attached hydrogens (tertiary/aromatic N) is 3. The highest BCUT2D eigenvalue weighted by Crippen LogP contribution is 2.33. The summed E-state index contributed by atoms with van der Waals surface area (Å²) in [4.78, 5) is 42.0. The van der Waals surface area contributed by atoms with Crippen LogP contribution < -0.4 is 15.2 Å². The zero-order chi connectivity index (χ0) is 26.1. The number of ether oxygens (including phenoxy) is 2. The summed E-state index contributed by atoms with van der Waals surface area (Å²) in [5, 5.41) is 0. The molecule has 1 fully saturated rings. The molecule has 0 atom stereocenters. The second-order valence-corrected chi connectivity index (χ2v) is 9.13. The number of ketones is 1. The SMILES string of the molecule is Cc1c(C(N)=O)cc(C(=O)CN2CCN(C(=O)c3ccc4c(c3)OCO4)CC2)n1Cc1ccccc1F. The molecular weight excluding hydrogens is 479 g/mol. The summed E-state index contributed by atoms with van der Waals surface area (Å²) in [5.74, 6) is -0.173. The lowest BCUT2D eigenvalue weighted by Crippen LogP contribution is -2.50. The van der Waals surface area contributed by atoms with Crippen LogP contribution in [0.15, 0.2) is 48.5 Å². The molecule has 0 bridgehead atoms. The standard InChI is InChI=1S/C27H27FN4O5/c1-17-20(26(29)34)13-22(32(17)14-19-4-2-3-5-21(19)28)23(33)15-30-8-10-31(11-9-30)27(35)18-6-7-24-25(12-18)37-16-36-24/h2-7,12-13H,8-11,14-16H2,1H3,(H2,29,34). The molecule has 3 aromatic rings. The second kappa shape index (κ2) is 10.1. The highest BCUT2D eigenvalue weighted by molar-refractivity contribution is 6.01. The van der Waals surface area contributed by atoms with Crippen molar-refractivity contribution in [1.29, 1.82) is 0 Å². The van der Waals surface area contributed by atoms with Gasteiger partial charge in [-0.1, -0.05) is 18.2 Å². The Labute approximate surface area is 213 Å². The normalized spacial score (nSPS) is 15.1. The minimum Gasteiger partial charge on any atom is -0.454 e. The summed E-state index contributed by atoms with van der Waals surface area (Å²) in [7, 11) is 0. The van der Waals surface area contributed by atoms with Crippen molar-refractivity contribution in [2.75, 3.05) is 39.5 Å². The number of benzene rings is 2. The molecular formula is C27H27FN4O5. The molecule has 2 amide bonds. The third kappa shape index (κ3) is 4.92. The number of Topliss-reactive ketones (excluding diaryl/α,β-unsaturated/α-hetero) is 1. The predicted octanol–water partition coefficient (Wildman–Crippen LogP) is 2.45. The molecule has 9 nitrogen and oxygen atoms in total. The third-order valence-corrected chi connectivity index (χ3v) is 6.85. The fraction of sp³-hybridized carbons (Fsp3) is 0.296.